The molecule has 142 valence electrons. The fourth-order valence-electron chi connectivity index (χ4n) is 2.37. The summed E-state index contributed by atoms with van der Waals surface area (Å²) >= 11 is 0. The second-order valence-electron chi connectivity index (χ2n) is 5.70. The Hall–Kier alpha value is -2.65. The fourth-order valence-corrected chi connectivity index (χ4v) is 2.37. The predicted octanol–water partition coefficient (Wildman–Crippen LogP) is 0.0680. The van der Waals surface area contributed by atoms with E-state index in [0.717, 1.165) is 5.56 Å². The number of alkyl carbamates (subject to hydrolysis) is 1. The number of benzene rings is 1. The van der Waals surface area contributed by atoms with Gasteiger partial charge in [-0.1, -0.05) is 30.3 Å². The van der Waals surface area contributed by atoms with E-state index in [1.165, 1.54) is 7.11 Å². The first-order valence-electron chi connectivity index (χ1n) is 8.13. The lowest BCUT2D eigenvalue weighted by atomic mass is 10.1. The molecule has 3 N–H and O–H groups in total. The van der Waals surface area contributed by atoms with E-state index < -0.39 is 36.3 Å². The number of aliphatic hydroxyl groups excluding tert-OH is 1. The minimum absolute atomic E-state index is 0.0222. The normalized spacial score (nSPS) is 20.1. The molecule has 9 heteroatoms. The Bertz CT molecular complexity index is 623. The molecular weight excluding hydrogens is 344 g/mol. The highest BCUT2D eigenvalue weighted by Gasteiger charge is 2.32. The number of carbonyl (C=O) groups is 3. The van der Waals surface area contributed by atoms with Gasteiger partial charge >= 0.3 is 12.1 Å². The number of nitrogens with one attached hydrogen (secondary N) is 2. The molecule has 1 aromatic carbocycles. The van der Waals surface area contributed by atoms with Crippen molar-refractivity contribution in [3.05, 3.63) is 35.9 Å². The van der Waals surface area contributed by atoms with Crippen molar-refractivity contribution < 1.29 is 33.7 Å². The van der Waals surface area contributed by atoms with Gasteiger partial charge in [0.25, 0.3) is 0 Å². The van der Waals surface area contributed by atoms with Crippen molar-refractivity contribution in [2.24, 2.45) is 0 Å². The lowest BCUT2D eigenvalue weighted by Crippen LogP contribution is -2.52. The summed E-state index contributed by atoms with van der Waals surface area (Å²) in [5, 5.41) is 14.5. The first-order chi connectivity index (χ1) is 12.5. The first-order valence-corrected chi connectivity index (χ1v) is 8.13. The molecule has 1 saturated heterocycles. The highest BCUT2D eigenvalue weighted by atomic mass is 16.6. The van der Waals surface area contributed by atoms with Gasteiger partial charge in [0, 0.05) is 0 Å². The molecule has 1 aromatic rings. The minimum atomic E-state index is -1.20. The standard InChI is InChI=1S/C17H22N2O7/c1-24-14(20)9-13(15(21)18-12-7-8-25-16(12)22)19-17(23)26-10-11-5-3-2-4-6-11/h2-6,12-13,16,22H,7-10H2,1H3,(H,18,21)(H,19,23)/t12-,13-,16?/m0/s1. The molecule has 0 saturated carbocycles. The number of esters is 1. The van der Waals surface area contributed by atoms with E-state index in [1.54, 1.807) is 24.3 Å². The van der Waals surface area contributed by atoms with E-state index in [0.29, 0.717) is 13.0 Å². The Morgan fingerprint density at radius 1 is 1.31 bits per heavy atom. The summed E-state index contributed by atoms with van der Waals surface area (Å²) in [6.07, 6.45) is -1.91. The van der Waals surface area contributed by atoms with Crippen LogP contribution >= 0.6 is 0 Å². The number of hydrogen-bond acceptors (Lipinski definition) is 7. The molecule has 1 fully saturated rings. The van der Waals surface area contributed by atoms with Gasteiger partial charge in [0.1, 0.15) is 12.6 Å². The Morgan fingerprint density at radius 3 is 2.65 bits per heavy atom. The van der Waals surface area contributed by atoms with Crippen LogP contribution in [-0.4, -0.2) is 55.2 Å². The van der Waals surface area contributed by atoms with E-state index in [4.69, 9.17) is 9.47 Å². The molecule has 1 unspecified atom stereocenters. The zero-order valence-electron chi connectivity index (χ0n) is 14.3. The molecule has 2 rings (SSSR count). The molecule has 26 heavy (non-hydrogen) atoms. The Balaban J connectivity index is 1.91. The van der Waals surface area contributed by atoms with Gasteiger partial charge in [-0.25, -0.2) is 4.79 Å². The summed E-state index contributed by atoms with van der Waals surface area (Å²) in [6, 6.07) is 7.21. The maximum Gasteiger partial charge on any atom is 0.408 e. The zero-order valence-corrected chi connectivity index (χ0v) is 14.3. The first kappa shape index (κ1) is 19.7. The van der Waals surface area contributed by atoms with Crippen LogP contribution in [0.3, 0.4) is 0 Å². The van der Waals surface area contributed by atoms with Gasteiger partial charge in [0.15, 0.2) is 6.29 Å². The van der Waals surface area contributed by atoms with Gasteiger partial charge in [-0.2, -0.15) is 0 Å². The molecule has 1 heterocycles. The molecule has 9 nitrogen and oxygen atoms in total. The molecular formula is C17H22N2O7. The average molecular weight is 366 g/mol. The topological polar surface area (TPSA) is 123 Å². The maximum absolute atomic E-state index is 12.4. The molecule has 0 aromatic heterocycles. The Morgan fingerprint density at radius 2 is 2.04 bits per heavy atom. The maximum atomic E-state index is 12.4. The Kier molecular flexibility index (Phi) is 7.37. The van der Waals surface area contributed by atoms with E-state index >= 15 is 0 Å². The van der Waals surface area contributed by atoms with Gasteiger partial charge in [0.05, 0.1) is 26.2 Å². The molecule has 0 bridgehead atoms. The third-order valence-corrected chi connectivity index (χ3v) is 3.81. The van der Waals surface area contributed by atoms with Crippen molar-refractivity contribution in [3.8, 4) is 0 Å². The summed E-state index contributed by atoms with van der Waals surface area (Å²) in [5.41, 5.74) is 0.780. The Labute approximate surface area is 150 Å². The highest BCUT2D eigenvalue weighted by molar-refractivity contribution is 5.89. The SMILES string of the molecule is COC(=O)C[C@H](NC(=O)OCc1ccccc1)C(=O)N[C@H]1CCOC1O. The monoisotopic (exact) mass is 366 g/mol. The van der Waals surface area contributed by atoms with Gasteiger partial charge in [0.2, 0.25) is 5.91 Å². The van der Waals surface area contributed by atoms with Crippen LogP contribution in [0, 0.1) is 0 Å². The van der Waals surface area contributed by atoms with E-state index in [1.807, 2.05) is 6.07 Å². The number of carbonyl (C=O) groups excluding carboxylic acids is 3. The van der Waals surface area contributed by atoms with Crippen molar-refractivity contribution in [1.82, 2.24) is 10.6 Å². The quantitative estimate of drug-likeness (QED) is 0.583. The lowest BCUT2D eigenvalue weighted by molar-refractivity contribution is -0.143. The van der Waals surface area contributed by atoms with Crippen molar-refractivity contribution in [1.29, 1.82) is 0 Å². The summed E-state index contributed by atoms with van der Waals surface area (Å²) in [4.78, 5) is 35.8. The van der Waals surface area contributed by atoms with Crippen LogP contribution in [0.4, 0.5) is 4.79 Å². The lowest BCUT2D eigenvalue weighted by Gasteiger charge is -2.21. The van der Waals surface area contributed by atoms with Gasteiger partial charge < -0.3 is 30.0 Å². The average Bonchev–Trinajstić information content (AvgIpc) is 3.04. The van der Waals surface area contributed by atoms with Crippen LogP contribution < -0.4 is 10.6 Å². The number of methoxy groups -OCH3 is 1. The third-order valence-electron chi connectivity index (χ3n) is 3.81. The molecule has 0 radical (unpaired) electrons. The van der Waals surface area contributed by atoms with Crippen LogP contribution in [0.2, 0.25) is 0 Å². The largest absolute Gasteiger partial charge is 0.469 e. The third kappa shape index (κ3) is 6.01. The summed E-state index contributed by atoms with van der Waals surface area (Å²) < 4.78 is 14.6. The van der Waals surface area contributed by atoms with Crippen LogP contribution in [-0.2, 0) is 30.4 Å². The van der Waals surface area contributed by atoms with Crippen LogP contribution in [0.15, 0.2) is 30.3 Å². The van der Waals surface area contributed by atoms with Crippen molar-refractivity contribution >= 4 is 18.0 Å². The van der Waals surface area contributed by atoms with Crippen LogP contribution in [0.5, 0.6) is 0 Å². The number of ether oxygens (including phenoxy) is 3. The summed E-state index contributed by atoms with van der Waals surface area (Å²) in [5.74, 6) is -1.31. The van der Waals surface area contributed by atoms with Gasteiger partial charge in [-0.05, 0) is 12.0 Å². The van der Waals surface area contributed by atoms with Crippen LogP contribution in [0.25, 0.3) is 0 Å². The highest BCUT2D eigenvalue weighted by Crippen LogP contribution is 2.11. The van der Waals surface area contributed by atoms with E-state index in [9.17, 15) is 19.5 Å². The van der Waals surface area contributed by atoms with Crippen molar-refractivity contribution in [3.63, 3.8) is 0 Å². The molecule has 1 aliphatic heterocycles. The number of amides is 2. The summed E-state index contributed by atoms with van der Waals surface area (Å²) in [7, 11) is 1.18. The van der Waals surface area contributed by atoms with E-state index in [-0.39, 0.29) is 13.0 Å². The minimum Gasteiger partial charge on any atom is -0.469 e. The van der Waals surface area contributed by atoms with Gasteiger partial charge in [-0.3, -0.25) is 9.59 Å². The second kappa shape index (κ2) is 9.73. The number of rotatable bonds is 7. The number of hydrogen-bond donors (Lipinski definition) is 3. The zero-order chi connectivity index (χ0) is 18.9. The fraction of sp³-hybridized carbons (Fsp3) is 0.471. The van der Waals surface area contributed by atoms with Crippen molar-refractivity contribution in [2.45, 2.75) is 37.8 Å². The molecule has 0 spiro atoms. The van der Waals surface area contributed by atoms with Crippen molar-refractivity contribution in [2.75, 3.05) is 13.7 Å². The smallest absolute Gasteiger partial charge is 0.408 e. The number of aliphatic hydroxyl groups is 1. The molecule has 1 aliphatic rings. The van der Waals surface area contributed by atoms with E-state index in [2.05, 4.69) is 15.4 Å². The summed E-state index contributed by atoms with van der Waals surface area (Å²) in [6.45, 7) is 0.328. The second-order valence-corrected chi connectivity index (χ2v) is 5.70. The van der Waals surface area contributed by atoms with Crippen LogP contribution in [0.1, 0.15) is 18.4 Å². The predicted molar refractivity (Wildman–Crippen MR) is 88.7 cm³/mol. The molecule has 3 atom stereocenters. The molecule has 2 amide bonds. The van der Waals surface area contributed by atoms with Gasteiger partial charge in [-0.15, -0.1) is 0 Å². The molecule has 0 aliphatic carbocycles.